The number of halogens is 2. The van der Waals surface area contributed by atoms with E-state index in [0.29, 0.717) is 21.8 Å². The van der Waals surface area contributed by atoms with E-state index in [1.54, 1.807) is 42.5 Å². The van der Waals surface area contributed by atoms with E-state index in [1.807, 2.05) is 0 Å². The molecule has 2 rings (SSSR count). The molecule has 6 nitrogen and oxygen atoms in total. The zero-order valence-corrected chi connectivity index (χ0v) is 16.3. The van der Waals surface area contributed by atoms with Crippen LogP contribution in [0.15, 0.2) is 46.9 Å². The molecule has 0 aliphatic rings. The first-order chi connectivity index (χ1) is 12.4. The first kappa shape index (κ1) is 19.9. The van der Waals surface area contributed by atoms with Gasteiger partial charge in [0, 0.05) is 35.7 Å². The molecule has 0 bridgehead atoms. The van der Waals surface area contributed by atoms with Crippen molar-refractivity contribution in [3.63, 3.8) is 0 Å². The van der Waals surface area contributed by atoms with Crippen LogP contribution in [0.3, 0.4) is 0 Å². The van der Waals surface area contributed by atoms with E-state index in [-0.39, 0.29) is 30.8 Å². The van der Waals surface area contributed by atoms with Gasteiger partial charge in [0.25, 0.3) is 11.8 Å². The number of benzene rings is 2. The van der Waals surface area contributed by atoms with Crippen LogP contribution in [0.25, 0.3) is 0 Å². The second kappa shape index (κ2) is 9.35. The zero-order chi connectivity index (χ0) is 19.1. The average molecular weight is 439 g/mol. The van der Waals surface area contributed by atoms with E-state index in [1.165, 1.54) is 6.92 Å². The summed E-state index contributed by atoms with van der Waals surface area (Å²) in [5.41, 5.74) is 1.44. The minimum atomic E-state index is -0.315. The Labute approximate surface area is 164 Å². The lowest BCUT2D eigenvalue weighted by Crippen LogP contribution is -2.34. The summed E-state index contributed by atoms with van der Waals surface area (Å²) >= 11 is 9.29. The van der Waals surface area contributed by atoms with Crippen LogP contribution >= 0.6 is 27.5 Å². The lowest BCUT2D eigenvalue weighted by Gasteiger charge is -2.09. The van der Waals surface area contributed by atoms with Gasteiger partial charge in [-0.05, 0) is 42.5 Å². The Morgan fingerprint density at radius 2 is 1.58 bits per heavy atom. The van der Waals surface area contributed by atoms with Crippen LogP contribution in [-0.4, -0.2) is 30.8 Å². The van der Waals surface area contributed by atoms with Crippen LogP contribution in [0.2, 0.25) is 5.02 Å². The molecular formula is C18H17BrClN3O3. The number of carbonyl (C=O) groups excluding carboxylic acids is 3. The Bertz CT molecular complexity index is 825. The molecule has 0 spiro atoms. The van der Waals surface area contributed by atoms with Crippen LogP contribution in [0.1, 0.15) is 27.6 Å². The van der Waals surface area contributed by atoms with Gasteiger partial charge in [-0.25, -0.2) is 0 Å². The molecule has 0 atom stereocenters. The van der Waals surface area contributed by atoms with Gasteiger partial charge < -0.3 is 16.0 Å². The predicted octanol–water partition coefficient (Wildman–Crippen LogP) is 3.22. The Morgan fingerprint density at radius 1 is 0.962 bits per heavy atom. The minimum absolute atomic E-state index is 0.177. The number of rotatable bonds is 6. The molecule has 0 heterocycles. The van der Waals surface area contributed by atoms with Gasteiger partial charge in [-0.15, -0.1) is 0 Å². The van der Waals surface area contributed by atoms with Gasteiger partial charge in [-0.3, -0.25) is 14.4 Å². The summed E-state index contributed by atoms with van der Waals surface area (Å²) in [5.74, 6) is -0.761. The maximum atomic E-state index is 12.1. The SMILES string of the molecule is CC(=O)Nc1ccc(C(=O)NCCNC(=O)c2cc(Br)ccc2Cl)cc1. The van der Waals surface area contributed by atoms with Crippen molar-refractivity contribution in [2.24, 2.45) is 0 Å². The van der Waals surface area contributed by atoms with Crippen LogP contribution in [0, 0.1) is 0 Å². The largest absolute Gasteiger partial charge is 0.350 e. The fourth-order valence-electron chi connectivity index (χ4n) is 2.13. The van der Waals surface area contributed by atoms with Crippen LogP contribution in [0.5, 0.6) is 0 Å². The van der Waals surface area contributed by atoms with Crippen molar-refractivity contribution in [3.8, 4) is 0 Å². The van der Waals surface area contributed by atoms with E-state index < -0.39 is 0 Å². The molecule has 0 unspecified atom stereocenters. The molecule has 0 aliphatic heterocycles. The second-order valence-corrected chi connectivity index (χ2v) is 6.72. The van der Waals surface area contributed by atoms with Crippen LogP contribution < -0.4 is 16.0 Å². The summed E-state index contributed by atoms with van der Waals surface area (Å²) in [4.78, 5) is 35.1. The molecule has 0 fully saturated rings. The number of carbonyl (C=O) groups is 3. The lowest BCUT2D eigenvalue weighted by molar-refractivity contribution is -0.114. The van der Waals surface area contributed by atoms with Crippen molar-refractivity contribution in [3.05, 3.63) is 63.1 Å². The summed E-state index contributed by atoms with van der Waals surface area (Å²) in [6.07, 6.45) is 0. The number of anilines is 1. The van der Waals surface area contributed by atoms with Gasteiger partial charge in [0.2, 0.25) is 5.91 Å². The minimum Gasteiger partial charge on any atom is -0.350 e. The third-order valence-electron chi connectivity index (χ3n) is 3.34. The molecule has 0 aliphatic carbocycles. The first-order valence-corrected chi connectivity index (χ1v) is 8.93. The molecule has 0 radical (unpaired) electrons. The van der Waals surface area contributed by atoms with Crippen LogP contribution in [0.4, 0.5) is 5.69 Å². The van der Waals surface area contributed by atoms with Crippen molar-refractivity contribution >= 4 is 50.9 Å². The maximum Gasteiger partial charge on any atom is 0.252 e. The van der Waals surface area contributed by atoms with E-state index >= 15 is 0 Å². The molecule has 0 saturated carbocycles. The third kappa shape index (κ3) is 5.86. The smallest absolute Gasteiger partial charge is 0.252 e. The zero-order valence-electron chi connectivity index (χ0n) is 13.9. The highest BCUT2D eigenvalue weighted by Crippen LogP contribution is 2.20. The molecule has 26 heavy (non-hydrogen) atoms. The van der Waals surface area contributed by atoms with E-state index in [4.69, 9.17) is 11.6 Å². The molecule has 0 saturated heterocycles. The van der Waals surface area contributed by atoms with Crippen molar-refractivity contribution in [2.45, 2.75) is 6.92 Å². The molecule has 3 amide bonds. The fraction of sp³-hybridized carbons (Fsp3) is 0.167. The number of amides is 3. The number of hydrogen-bond donors (Lipinski definition) is 3. The van der Waals surface area contributed by atoms with Crippen molar-refractivity contribution in [1.29, 1.82) is 0 Å². The Kier molecular flexibility index (Phi) is 7.17. The van der Waals surface area contributed by atoms with Gasteiger partial charge in [-0.1, -0.05) is 27.5 Å². The molecule has 2 aromatic carbocycles. The summed E-state index contributed by atoms with van der Waals surface area (Å²) in [5, 5.41) is 8.39. The molecule has 8 heteroatoms. The number of hydrogen-bond acceptors (Lipinski definition) is 3. The molecule has 3 N–H and O–H groups in total. The Hall–Kier alpha value is -2.38. The Balaban J connectivity index is 1.80. The summed E-state index contributed by atoms with van der Waals surface area (Å²) < 4.78 is 0.753. The summed E-state index contributed by atoms with van der Waals surface area (Å²) in [7, 11) is 0. The fourth-order valence-corrected chi connectivity index (χ4v) is 2.69. The third-order valence-corrected chi connectivity index (χ3v) is 4.16. The quantitative estimate of drug-likeness (QED) is 0.605. The van der Waals surface area contributed by atoms with E-state index in [9.17, 15) is 14.4 Å². The van der Waals surface area contributed by atoms with Crippen molar-refractivity contribution in [2.75, 3.05) is 18.4 Å². The van der Waals surface area contributed by atoms with Gasteiger partial charge in [0.05, 0.1) is 10.6 Å². The van der Waals surface area contributed by atoms with E-state index in [2.05, 4.69) is 31.9 Å². The molecular weight excluding hydrogens is 422 g/mol. The van der Waals surface area contributed by atoms with Gasteiger partial charge in [0.15, 0.2) is 0 Å². The monoisotopic (exact) mass is 437 g/mol. The van der Waals surface area contributed by atoms with Crippen LogP contribution in [-0.2, 0) is 4.79 Å². The Morgan fingerprint density at radius 3 is 2.19 bits per heavy atom. The normalized spacial score (nSPS) is 10.1. The van der Waals surface area contributed by atoms with Gasteiger partial charge in [-0.2, -0.15) is 0 Å². The standard InChI is InChI=1S/C18H17BrClN3O3/c1-11(24)23-14-5-2-12(3-6-14)17(25)21-8-9-22-18(26)15-10-13(19)4-7-16(15)20/h2-7,10H,8-9H2,1H3,(H,21,25)(H,22,26)(H,23,24). The number of nitrogens with one attached hydrogen (secondary N) is 3. The summed E-state index contributed by atoms with van der Waals surface area (Å²) in [6.45, 7) is 1.94. The topological polar surface area (TPSA) is 87.3 Å². The highest BCUT2D eigenvalue weighted by atomic mass is 79.9. The van der Waals surface area contributed by atoms with Gasteiger partial charge >= 0.3 is 0 Å². The highest BCUT2D eigenvalue weighted by Gasteiger charge is 2.11. The lowest BCUT2D eigenvalue weighted by atomic mass is 10.2. The van der Waals surface area contributed by atoms with Gasteiger partial charge in [0.1, 0.15) is 0 Å². The molecule has 2 aromatic rings. The average Bonchev–Trinajstić information content (AvgIpc) is 2.60. The first-order valence-electron chi connectivity index (χ1n) is 7.76. The second-order valence-electron chi connectivity index (χ2n) is 5.39. The predicted molar refractivity (Wildman–Crippen MR) is 105 cm³/mol. The van der Waals surface area contributed by atoms with Crippen molar-refractivity contribution in [1.82, 2.24) is 10.6 Å². The molecule has 136 valence electrons. The van der Waals surface area contributed by atoms with Crippen molar-refractivity contribution < 1.29 is 14.4 Å². The summed E-state index contributed by atoms with van der Waals surface area (Å²) in [6, 6.07) is 11.5. The maximum absolute atomic E-state index is 12.1. The highest BCUT2D eigenvalue weighted by molar-refractivity contribution is 9.10. The van der Waals surface area contributed by atoms with E-state index in [0.717, 1.165) is 4.47 Å². The molecule has 0 aromatic heterocycles.